The predicted octanol–water partition coefficient (Wildman–Crippen LogP) is 1.66. The van der Waals surface area contributed by atoms with E-state index in [9.17, 15) is 4.79 Å². The Labute approximate surface area is 115 Å². The van der Waals surface area contributed by atoms with E-state index in [0.717, 1.165) is 17.0 Å². The summed E-state index contributed by atoms with van der Waals surface area (Å²) in [6, 6.07) is 3.87. The average Bonchev–Trinajstić information content (AvgIpc) is 2.89. The maximum atomic E-state index is 11.8. The number of nitrogens with one attached hydrogen (secondary N) is 1. The fourth-order valence-electron chi connectivity index (χ4n) is 1.56. The molecule has 0 fully saturated rings. The summed E-state index contributed by atoms with van der Waals surface area (Å²) in [7, 11) is 1.61. The average molecular weight is 277 g/mol. The van der Waals surface area contributed by atoms with Crippen molar-refractivity contribution in [3.8, 4) is 0 Å². The maximum Gasteiger partial charge on any atom is 0.270 e. The molecule has 0 bridgehead atoms. The number of methoxy groups -OCH3 is 1. The number of thiazole rings is 1. The number of hydrogen-bond donors (Lipinski definition) is 1. The third-order valence-corrected chi connectivity index (χ3v) is 3.30. The Hall–Kier alpha value is -1.79. The van der Waals surface area contributed by atoms with E-state index >= 15 is 0 Å². The molecular weight excluding hydrogens is 262 g/mol. The first-order valence-electron chi connectivity index (χ1n) is 5.90. The molecule has 0 spiro atoms. The molecule has 2 aromatic rings. The van der Waals surface area contributed by atoms with Crippen LogP contribution in [0, 0.1) is 0 Å². The fraction of sp³-hybridized carbons (Fsp3) is 0.308. The molecule has 0 saturated carbocycles. The zero-order chi connectivity index (χ0) is 13.5. The van der Waals surface area contributed by atoms with Crippen LogP contribution in [0.4, 0.5) is 0 Å². The Morgan fingerprint density at radius 2 is 2.42 bits per heavy atom. The fourth-order valence-corrected chi connectivity index (χ4v) is 2.31. The van der Waals surface area contributed by atoms with Crippen LogP contribution in [0.5, 0.6) is 0 Å². The molecule has 2 heterocycles. The minimum absolute atomic E-state index is 0.150. The smallest absolute Gasteiger partial charge is 0.270 e. The summed E-state index contributed by atoms with van der Waals surface area (Å²) in [5, 5.41) is 5.39. The molecule has 19 heavy (non-hydrogen) atoms. The Morgan fingerprint density at radius 3 is 3.16 bits per heavy atom. The molecule has 0 aliphatic rings. The molecule has 0 aromatic carbocycles. The number of rotatable bonds is 6. The van der Waals surface area contributed by atoms with Gasteiger partial charge in [-0.3, -0.25) is 9.78 Å². The molecule has 0 aliphatic heterocycles. The number of aromatic nitrogens is 2. The number of nitrogens with zero attached hydrogens (tertiary/aromatic N) is 2. The van der Waals surface area contributed by atoms with Gasteiger partial charge in [0.1, 0.15) is 10.7 Å². The second-order valence-corrected chi connectivity index (χ2v) is 4.87. The second kappa shape index (κ2) is 6.96. The standard InChI is InChI=1S/C13H15N3O2S/c1-18-8-12-16-11(9-19-12)13(17)15-6-4-10-3-2-5-14-7-10/h2-3,5,7,9H,4,6,8H2,1H3,(H,15,17). The van der Waals surface area contributed by atoms with Gasteiger partial charge in [0.25, 0.3) is 5.91 Å². The van der Waals surface area contributed by atoms with Gasteiger partial charge in [-0.05, 0) is 18.1 Å². The summed E-state index contributed by atoms with van der Waals surface area (Å²) >= 11 is 1.43. The lowest BCUT2D eigenvalue weighted by Gasteiger charge is -2.02. The van der Waals surface area contributed by atoms with Crippen LogP contribution in [0.3, 0.4) is 0 Å². The molecule has 2 aromatic heterocycles. The first kappa shape index (κ1) is 13.6. The highest BCUT2D eigenvalue weighted by atomic mass is 32.1. The number of carbonyl (C=O) groups excluding carboxylic acids is 1. The van der Waals surface area contributed by atoms with Crippen molar-refractivity contribution in [3.05, 3.63) is 46.2 Å². The highest BCUT2D eigenvalue weighted by Crippen LogP contribution is 2.10. The first-order valence-corrected chi connectivity index (χ1v) is 6.78. The van der Waals surface area contributed by atoms with E-state index in [2.05, 4.69) is 15.3 Å². The lowest BCUT2D eigenvalue weighted by Crippen LogP contribution is -2.26. The largest absolute Gasteiger partial charge is 0.378 e. The summed E-state index contributed by atoms with van der Waals surface area (Å²) in [6.07, 6.45) is 4.29. The zero-order valence-corrected chi connectivity index (χ0v) is 11.4. The van der Waals surface area contributed by atoms with E-state index in [1.807, 2.05) is 12.1 Å². The van der Waals surface area contributed by atoms with Crippen LogP contribution in [-0.2, 0) is 17.8 Å². The highest BCUT2D eigenvalue weighted by molar-refractivity contribution is 7.09. The van der Waals surface area contributed by atoms with Crippen molar-refractivity contribution in [3.63, 3.8) is 0 Å². The molecule has 0 aliphatic carbocycles. The van der Waals surface area contributed by atoms with Crippen molar-refractivity contribution in [2.45, 2.75) is 13.0 Å². The Balaban J connectivity index is 1.80. The third-order valence-electron chi connectivity index (χ3n) is 2.47. The SMILES string of the molecule is COCc1nc(C(=O)NCCc2cccnc2)cs1. The van der Waals surface area contributed by atoms with Crippen LogP contribution < -0.4 is 5.32 Å². The summed E-state index contributed by atoms with van der Waals surface area (Å²) in [4.78, 5) is 20.1. The Morgan fingerprint density at radius 1 is 1.53 bits per heavy atom. The molecule has 0 saturated heterocycles. The van der Waals surface area contributed by atoms with E-state index in [1.165, 1.54) is 11.3 Å². The van der Waals surface area contributed by atoms with Crippen LogP contribution in [-0.4, -0.2) is 29.5 Å². The van der Waals surface area contributed by atoms with Gasteiger partial charge in [0.05, 0.1) is 6.61 Å². The molecule has 0 atom stereocenters. The number of hydrogen-bond acceptors (Lipinski definition) is 5. The number of ether oxygens (including phenoxy) is 1. The minimum Gasteiger partial charge on any atom is -0.378 e. The topological polar surface area (TPSA) is 64.1 Å². The van der Waals surface area contributed by atoms with Gasteiger partial charge in [-0.25, -0.2) is 4.98 Å². The second-order valence-electron chi connectivity index (χ2n) is 3.93. The van der Waals surface area contributed by atoms with Crippen LogP contribution in [0.25, 0.3) is 0 Å². The van der Waals surface area contributed by atoms with Crippen LogP contribution in [0.1, 0.15) is 21.1 Å². The number of pyridine rings is 1. The van der Waals surface area contributed by atoms with Crippen molar-refractivity contribution < 1.29 is 9.53 Å². The normalized spacial score (nSPS) is 10.4. The van der Waals surface area contributed by atoms with Gasteiger partial charge in [-0.1, -0.05) is 6.07 Å². The Kier molecular flexibility index (Phi) is 5.00. The van der Waals surface area contributed by atoms with Gasteiger partial charge < -0.3 is 10.1 Å². The van der Waals surface area contributed by atoms with Gasteiger partial charge in [0.2, 0.25) is 0 Å². The lowest BCUT2D eigenvalue weighted by atomic mass is 10.2. The van der Waals surface area contributed by atoms with Crippen molar-refractivity contribution in [1.29, 1.82) is 0 Å². The zero-order valence-electron chi connectivity index (χ0n) is 10.6. The van der Waals surface area contributed by atoms with Crippen LogP contribution in [0.15, 0.2) is 29.9 Å². The molecule has 100 valence electrons. The van der Waals surface area contributed by atoms with Crippen molar-refractivity contribution >= 4 is 17.2 Å². The van der Waals surface area contributed by atoms with Crippen molar-refractivity contribution in [1.82, 2.24) is 15.3 Å². The molecule has 5 nitrogen and oxygen atoms in total. The number of carbonyl (C=O) groups is 1. The monoisotopic (exact) mass is 277 g/mol. The minimum atomic E-state index is -0.150. The summed E-state index contributed by atoms with van der Waals surface area (Å²) in [5.41, 5.74) is 1.55. The lowest BCUT2D eigenvalue weighted by molar-refractivity contribution is 0.0949. The quantitative estimate of drug-likeness (QED) is 0.872. The third kappa shape index (κ3) is 4.11. The number of amides is 1. The predicted molar refractivity (Wildman–Crippen MR) is 73.1 cm³/mol. The van der Waals surface area contributed by atoms with Gasteiger partial charge >= 0.3 is 0 Å². The van der Waals surface area contributed by atoms with E-state index in [0.29, 0.717) is 18.8 Å². The van der Waals surface area contributed by atoms with Gasteiger partial charge in [0, 0.05) is 31.4 Å². The van der Waals surface area contributed by atoms with E-state index in [1.54, 1.807) is 24.9 Å². The van der Waals surface area contributed by atoms with E-state index in [4.69, 9.17) is 4.74 Å². The summed E-state index contributed by atoms with van der Waals surface area (Å²) in [5.74, 6) is -0.150. The van der Waals surface area contributed by atoms with Gasteiger partial charge in [-0.15, -0.1) is 11.3 Å². The van der Waals surface area contributed by atoms with Crippen LogP contribution in [0.2, 0.25) is 0 Å². The molecule has 1 N–H and O–H groups in total. The van der Waals surface area contributed by atoms with E-state index in [-0.39, 0.29) is 5.91 Å². The Bertz CT molecular complexity index is 528. The van der Waals surface area contributed by atoms with E-state index < -0.39 is 0 Å². The molecular formula is C13H15N3O2S. The molecule has 1 amide bonds. The van der Waals surface area contributed by atoms with Gasteiger partial charge in [-0.2, -0.15) is 0 Å². The molecule has 0 unspecified atom stereocenters. The molecule has 6 heteroatoms. The van der Waals surface area contributed by atoms with Crippen molar-refractivity contribution in [2.75, 3.05) is 13.7 Å². The summed E-state index contributed by atoms with van der Waals surface area (Å²) in [6.45, 7) is 1.01. The highest BCUT2D eigenvalue weighted by Gasteiger charge is 2.09. The van der Waals surface area contributed by atoms with Gasteiger partial charge in [0.15, 0.2) is 0 Å². The molecule has 2 rings (SSSR count). The maximum absolute atomic E-state index is 11.8. The van der Waals surface area contributed by atoms with Crippen molar-refractivity contribution in [2.24, 2.45) is 0 Å². The first-order chi connectivity index (χ1) is 9.29. The summed E-state index contributed by atoms with van der Waals surface area (Å²) < 4.78 is 4.97. The van der Waals surface area contributed by atoms with Crippen LogP contribution >= 0.6 is 11.3 Å². The molecule has 0 radical (unpaired) electrons.